The van der Waals surface area contributed by atoms with Gasteiger partial charge >= 0.3 is 11.9 Å². The molecule has 222 valence electrons. The molecule has 1 aliphatic rings. The number of nitrogens with zero attached hydrogens (tertiary/aromatic N) is 2. The van der Waals surface area contributed by atoms with Gasteiger partial charge in [0.1, 0.15) is 5.75 Å². The predicted molar refractivity (Wildman–Crippen MR) is 158 cm³/mol. The van der Waals surface area contributed by atoms with E-state index in [9.17, 15) is 14.4 Å². The van der Waals surface area contributed by atoms with E-state index in [1.54, 1.807) is 57.2 Å². The zero-order chi connectivity index (χ0) is 30.4. The summed E-state index contributed by atoms with van der Waals surface area (Å²) in [7, 11) is 1.54. The van der Waals surface area contributed by atoms with Crippen molar-refractivity contribution in [3.05, 3.63) is 84.5 Å². The summed E-state index contributed by atoms with van der Waals surface area (Å²) in [6.45, 7) is 9.23. The Morgan fingerprint density at radius 3 is 2.52 bits per heavy atom. The molecule has 1 unspecified atom stereocenters. The van der Waals surface area contributed by atoms with Gasteiger partial charge in [-0.15, -0.1) is 0 Å². The Kier molecular flexibility index (Phi) is 9.84. The van der Waals surface area contributed by atoms with E-state index in [0.717, 1.165) is 0 Å². The number of hydrogen-bond donors (Lipinski definition) is 0. The lowest BCUT2D eigenvalue weighted by molar-refractivity contribution is -0.145. The Morgan fingerprint density at radius 2 is 1.83 bits per heavy atom. The largest absolute Gasteiger partial charge is 0.493 e. The van der Waals surface area contributed by atoms with Crippen molar-refractivity contribution in [1.29, 1.82) is 0 Å². The number of thiazole rings is 1. The molecule has 10 nitrogen and oxygen atoms in total. The molecule has 1 aliphatic heterocycles. The molecule has 42 heavy (non-hydrogen) atoms. The SMILES string of the molecule is CCOC(=O)COc1cccc(C=c2sc3n(c2=O)C(c2ccc(OC(C)C)c(OC)c2)C(C(=O)OCC)=C(C)N=3)c1. The number of ether oxygens (including phenoxy) is 5. The highest BCUT2D eigenvalue weighted by molar-refractivity contribution is 7.07. The Bertz CT molecular complexity index is 1690. The van der Waals surface area contributed by atoms with E-state index in [0.29, 0.717) is 43.4 Å². The second-order valence-electron chi connectivity index (χ2n) is 9.55. The first-order valence-electron chi connectivity index (χ1n) is 13.6. The lowest BCUT2D eigenvalue weighted by Gasteiger charge is -2.25. The summed E-state index contributed by atoms with van der Waals surface area (Å²) in [4.78, 5) is 43.9. The number of aromatic nitrogens is 1. The zero-order valence-electron chi connectivity index (χ0n) is 24.5. The number of benzene rings is 2. The number of methoxy groups -OCH3 is 1. The number of rotatable bonds is 11. The van der Waals surface area contributed by atoms with Gasteiger partial charge in [-0.25, -0.2) is 14.6 Å². The molecule has 3 aromatic rings. The summed E-state index contributed by atoms with van der Waals surface area (Å²) in [5.74, 6) is 0.460. The Labute approximate surface area is 247 Å². The van der Waals surface area contributed by atoms with Crippen LogP contribution in [0.3, 0.4) is 0 Å². The third kappa shape index (κ3) is 6.73. The van der Waals surface area contributed by atoms with Crippen LogP contribution in [0.1, 0.15) is 51.8 Å². The van der Waals surface area contributed by atoms with Gasteiger partial charge in [0.05, 0.1) is 48.3 Å². The van der Waals surface area contributed by atoms with Gasteiger partial charge in [-0.05, 0) is 76.1 Å². The molecule has 1 atom stereocenters. The molecule has 0 saturated heterocycles. The Morgan fingerprint density at radius 1 is 1.07 bits per heavy atom. The summed E-state index contributed by atoms with van der Waals surface area (Å²) >= 11 is 1.21. The molecule has 2 heterocycles. The molecule has 1 aromatic heterocycles. The molecule has 0 radical (unpaired) electrons. The molecular formula is C31H34N2O8S. The molecule has 0 saturated carbocycles. The number of hydrogen-bond acceptors (Lipinski definition) is 10. The molecule has 0 bridgehead atoms. The second-order valence-corrected chi connectivity index (χ2v) is 10.6. The number of fused-ring (bicyclic) bond motifs is 1. The van der Waals surface area contributed by atoms with Gasteiger partial charge in [0, 0.05) is 0 Å². The van der Waals surface area contributed by atoms with Crippen LogP contribution in [0.15, 0.2) is 63.5 Å². The van der Waals surface area contributed by atoms with Crippen molar-refractivity contribution < 1.29 is 33.3 Å². The first kappa shape index (κ1) is 30.6. The van der Waals surface area contributed by atoms with Gasteiger partial charge in [-0.1, -0.05) is 29.5 Å². The summed E-state index contributed by atoms with van der Waals surface area (Å²) < 4.78 is 29.2. The fraction of sp³-hybridized carbons (Fsp3) is 0.355. The van der Waals surface area contributed by atoms with Crippen molar-refractivity contribution in [3.8, 4) is 17.2 Å². The Balaban J connectivity index is 1.82. The van der Waals surface area contributed by atoms with Crippen LogP contribution >= 0.6 is 11.3 Å². The molecule has 0 spiro atoms. The standard InChI is InChI=1S/C31H34N2O8S/c1-7-38-26(34)17-40-22-11-9-10-20(14-22)15-25-29(35)33-28(21-12-13-23(41-18(3)4)24(16-21)37-6)27(30(36)39-8-2)19(5)32-31(33)42-25/h9-16,18,28H,7-8,17H2,1-6H3. The van der Waals surface area contributed by atoms with E-state index >= 15 is 0 Å². The van der Waals surface area contributed by atoms with E-state index in [2.05, 4.69) is 4.99 Å². The van der Waals surface area contributed by atoms with Crippen molar-refractivity contribution in [2.24, 2.45) is 4.99 Å². The van der Waals surface area contributed by atoms with Crippen molar-refractivity contribution in [1.82, 2.24) is 4.57 Å². The highest BCUT2D eigenvalue weighted by Gasteiger charge is 2.34. The maximum absolute atomic E-state index is 13.9. The van der Waals surface area contributed by atoms with Crippen molar-refractivity contribution in [2.75, 3.05) is 26.9 Å². The smallest absolute Gasteiger partial charge is 0.344 e. The van der Waals surface area contributed by atoms with Gasteiger partial charge < -0.3 is 23.7 Å². The van der Waals surface area contributed by atoms with Gasteiger partial charge in [0.2, 0.25) is 0 Å². The van der Waals surface area contributed by atoms with Gasteiger partial charge in [0.15, 0.2) is 22.9 Å². The Hall–Kier alpha value is -4.38. The van der Waals surface area contributed by atoms with E-state index < -0.39 is 18.0 Å². The van der Waals surface area contributed by atoms with Crippen LogP contribution in [-0.4, -0.2) is 49.5 Å². The predicted octanol–water partition coefficient (Wildman–Crippen LogP) is 3.54. The lowest BCUT2D eigenvalue weighted by Crippen LogP contribution is -2.40. The second kappa shape index (κ2) is 13.5. The van der Waals surface area contributed by atoms with Crippen LogP contribution in [0, 0.1) is 0 Å². The first-order chi connectivity index (χ1) is 20.2. The van der Waals surface area contributed by atoms with Crippen LogP contribution in [-0.2, 0) is 19.1 Å². The summed E-state index contributed by atoms with van der Waals surface area (Å²) in [5.41, 5.74) is 1.74. The van der Waals surface area contributed by atoms with E-state index in [1.165, 1.54) is 23.0 Å². The average molecular weight is 595 g/mol. The molecule has 11 heteroatoms. The van der Waals surface area contributed by atoms with Crippen LogP contribution in [0.2, 0.25) is 0 Å². The quantitative estimate of drug-likeness (QED) is 0.310. The summed E-state index contributed by atoms with van der Waals surface area (Å²) in [6, 6.07) is 11.6. The number of carbonyl (C=O) groups is 2. The topological polar surface area (TPSA) is 115 Å². The van der Waals surface area contributed by atoms with Crippen LogP contribution < -0.4 is 29.1 Å². The van der Waals surface area contributed by atoms with Crippen molar-refractivity contribution in [3.63, 3.8) is 0 Å². The molecule has 2 aromatic carbocycles. The average Bonchev–Trinajstić information content (AvgIpc) is 3.25. The molecule has 0 aliphatic carbocycles. The van der Waals surface area contributed by atoms with Crippen LogP contribution in [0.4, 0.5) is 0 Å². The van der Waals surface area contributed by atoms with Crippen molar-refractivity contribution >= 4 is 29.4 Å². The molecule has 0 fully saturated rings. The van der Waals surface area contributed by atoms with Crippen LogP contribution in [0.5, 0.6) is 17.2 Å². The molecular weight excluding hydrogens is 560 g/mol. The maximum atomic E-state index is 13.9. The summed E-state index contributed by atoms with van der Waals surface area (Å²) in [5, 5.41) is 0. The fourth-order valence-electron chi connectivity index (χ4n) is 4.50. The fourth-order valence-corrected chi connectivity index (χ4v) is 5.55. The van der Waals surface area contributed by atoms with Gasteiger partial charge in [-0.2, -0.15) is 0 Å². The third-order valence-corrected chi connectivity index (χ3v) is 7.18. The van der Waals surface area contributed by atoms with E-state index in [4.69, 9.17) is 23.7 Å². The van der Waals surface area contributed by atoms with E-state index in [-0.39, 0.29) is 37.1 Å². The number of esters is 2. The first-order valence-corrected chi connectivity index (χ1v) is 14.4. The highest BCUT2D eigenvalue weighted by atomic mass is 32.1. The summed E-state index contributed by atoms with van der Waals surface area (Å²) in [6.07, 6.45) is 1.65. The monoisotopic (exact) mass is 594 g/mol. The highest BCUT2D eigenvalue weighted by Crippen LogP contribution is 2.36. The minimum absolute atomic E-state index is 0.0753. The molecule has 4 rings (SSSR count). The normalized spacial score (nSPS) is 14.7. The number of carbonyl (C=O) groups excluding carboxylic acids is 2. The van der Waals surface area contributed by atoms with Gasteiger partial charge in [0.25, 0.3) is 5.56 Å². The van der Waals surface area contributed by atoms with Crippen molar-refractivity contribution in [2.45, 2.75) is 46.8 Å². The minimum Gasteiger partial charge on any atom is -0.493 e. The van der Waals surface area contributed by atoms with Gasteiger partial charge in [-0.3, -0.25) is 9.36 Å². The molecule has 0 N–H and O–H groups in total. The number of allylic oxidation sites excluding steroid dienone is 1. The zero-order valence-corrected chi connectivity index (χ0v) is 25.3. The molecule has 0 amide bonds. The maximum Gasteiger partial charge on any atom is 0.344 e. The lowest BCUT2D eigenvalue weighted by atomic mass is 9.95. The minimum atomic E-state index is -0.802. The van der Waals surface area contributed by atoms with Crippen LogP contribution in [0.25, 0.3) is 6.08 Å². The van der Waals surface area contributed by atoms with E-state index in [1.807, 2.05) is 26.0 Å². The third-order valence-electron chi connectivity index (χ3n) is 6.20.